The van der Waals surface area contributed by atoms with E-state index >= 15 is 0 Å². The van der Waals surface area contributed by atoms with Crippen LogP contribution >= 0.6 is 0 Å². The van der Waals surface area contributed by atoms with Crippen LogP contribution in [0, 0.1) is 0 Å². The van der Waals surface area contributed by atoms with Crippen molar-refractivity contribution in [1.82, 2.24) is 9.80 Å². The summed E-state index contributed by atoms with van der Waals surface area (Å²) < 4.78 is 11.1. The molecule has 0 saturated carbocycles. The minimum atomic E-state index is -0.581. The molecule has 1 atom stereocenters. The Bertz CT molecular complexity index is 728. The Morgan fingerprint density at radius 2 is 1.57 bits per heavy atom. The maximum atomic E-state index is 12.5. The number of aliphatic hydroxyl groups is 1. The van der Waals surface area contributed by atoms with Crippen molar-refractivity contribution in [3.63, 3.8) is 0 Å². The molecule has 1 amide bonds. The summed E-state index contributed by atoms with van der Waals surface area (Å²) in [4.78, 5) is 16.5. The van der Waals surface area contributed by atoms with E-state index in [0.29, 0.717) is 32.0 Å². The second-order valence-electron chi connectivity index (χ2n) is 6.83. The Hall–Kier alpha value is -2.57. The van der Waals surface area contributed by atoms with Gasteiger partial charge in [0.15, 0.2) is 0 Å². The van der Waals surface area contributed by atoms with Crippen molar-refractivity contribution in [2.75, 3.05) is 45.9 Å². The zero-order chi connectivity index (χ0) is 19.8. The quantitative estimate of drug-likeness (QED) is 0.757. The van der Waals surface area contributed by atoms with E-state index in [1.807, 2.05) is 66.4 Å². The monoisotopic (exact) mass is 384 g/mol. The minimum absolute atomic E-state index is 0.0691. The molecule has 0 spiro atoms. The maximum Gasteiger partial charge on any atom is 0.253 e. The van der Waals surface area contributed by atoms with Gasteiger partial charge in [-0.15, -0.1) is 0 Å². The SMILES string of the molecule is CCOc1ccc(OCC(O)CN2CCN(C(=O)c3ccccc3)CC2)cc1. The molecule has 3 rings (SSSR count). The van der Waals surface area contributed by atoms with Gasteiger partial charge >= 0.3 is 0 Å². The average Bonchev–Trinajstić information content (AvgIpc) is 2.74. The molecule has 1 fully saturated rings. The van der Waals surface area contributed by atoms with Gasteiger partial charge in [-0.2, -0.15) is 0 Å². The number of piperazine rings is 1. The smallest absolute Gasteiger partial charge is 0.253 e. The number of hydrogen-bond donors (Lipinski definition) is 1. The Labute approximate surface area is 166 Å². The van der Waals surface area contributed by atoms with Crippen molar-refractivity contribution in [3.05, 3.63) is 60.2 Å². The van der Waals surface area contributed by atoms with Crippen molar-refractivity contribution < 1.29 is 19.4 Å². The summed E-state index contributed by atoms with van der Waals surface area (Å²) in [6.07, 6.45) is -0.581. The normalized spacial score (nSPS) is 15.9. The number of amides is 1. The zero-order valence-corrected chi connectivity index (χ0v) is 16.3. The van der Waals surface area contributed by atoms with E-state index in [1.54, 1.807) is 0 Å². The van der Waals surface area contributed by atoms with Crippen LogP contribution in [0.1, 0.15) is 17.3 Å². The Morgan fingerprint density at radius 1 is 0.964 bits per heavy atom. The number of aliphatic hydroxyl groups excluding tert-OH is 1. The van der Waals surface area contributed by atoms with Gasteiger partial charge in [0.25, 0.3) is 5.91 Å². The molecule has 1 aliphatic rings. The van der Waals surface area contributed by atoms with Gasteiger partial charge in [-0.3, -0.25) is 9.69 Å². The average molecular weight is 384 g/mol. The van der Waals surface area contributed by atoms with Gasteiger partial charge in [0, 0.05) is 38.3 Å². The maximum absolute atomic E-state index is 12.5. The van der Waals surface area contributed by atoms with E-state index in [-0.39, 0.29) is 12.5 Å². The van der Waals surface area contributed by atoms with Crippen molar-refractivity contribution in [2.24, 2.45) is 0 Å². The fourth-order valence-corrected chi connectivity index (χ4v) is 3.24. The molecule has 1 heterocycles. The van der Waals surface area contributed by atoms with Crippen LogP contribution in [0.25, 0.3) is 0 Å². The van der Waals surface area contributed by atoms with Crippen LogP contribution < -0.4 is 9.47 Å². The second kappa shape index (κ2) is 10.1. The fourth-order valence-electron chi connectivity index (χ4n) is 3.24. The van der Waals surface area contributed by atoms with Crippen LogP contribution in [0.3, 0.4) is 0 Å². The molecule has 0 aliphatic carbocycles. The van der Waals surface area contributed by atoms with Gasteiger partial charge in [-0.05, 0) is 43.3 Å². The van der Waals surface area contributed by atoms with Crippen LogP contribution in [0.15, 0.2) is 54.6 Å². The number of rotatable bonds is 8. The Morgan fingerprint density at radius 3 is 2.18 bits per heavy atom. The lowest BCUT2D eigenvalue weighted by molar-refractivity contribution is 0.0403. The first-order chi connectivity index (χ1) is 13.7. The molecule has 2 aromatic carbocycles. The van der Waals surface area contributed by atoms with Crippen LogP contribution in [-0.4, -0.2) is 72.9 Å². The summed E-state index contributed by atoms with van der Waals surface area (Å²) in [5.74, 6) is 1.58. The van der Waals surface area contributed by atoms with Crippen molar-refractivity contribution in [3.8, 4) is 11.5 Å². The molecule has 6 heteroatoms. The molecule has 150 valence electrons. The summed E-state index contributed by atoms with van der Waals surface area (Å²) in [5.41, 5.74) is 0.722. The van der Waals surface area contributed by atoms with E-state index in [9.17, 15) is 9.90 Å². The summed E-state index contributed by atoms with van der Waals surface area (Å²) >= 11 is 0. The molecule has 6 nitrogen and oxygen atoms in total. The van der Waals surface area contributed by atoms with Crippen LogP contribution in [-0.2, 0) is 0 Å². The van der Waals surface area contributed by atoms with Gasteiger partial charge < -0.3 is 19.5 Å². The third-order valence-electron chi connectivity index (χ3n) is 4.73. The molecule has 1 N–H and O–H groups in total. The first kappa shape index (κ1) is 20.2. The van der Waals surface area contributed by atoms with Gasteiger partial charge in [0.05, 0.1) is 6.61 Å². The lowest BCUT2D eigenvalue weighted by Gasteiger charge is -2.35. The number of benzene rings is 2. The highest BCUT2D eigenvalue weighted by Gasteiger charge is 2.23. The van der Waals surface area contributed by atoms with Crippen molar-refractivity contribution in [1.29, 1.82) is 0 Å². The molecule has 1 aliphatic heterocycles. The van der Waals surface area contributed by atoms with Crippen LogP contribution in [0.5, 0.6) is 11.5 Å². The van der Waals surface area contributed by atoms with E-state index in [4.69, 9.17) is 9.47 Å². The molecule has 28 heavy (non-hydrogen) atoms. The van der Waals surface area contributed by atoms with Crippen LogP contribution in [0.2, 0.25) is 0 Å². The summed E-state index contributed by atoms with van der Waals surface area (Å²) in [7, 11) is 0. The zero-order valence-electron chi connectivity index (χ0n) is 16.3. The Kier molecular flexibility index (Phi) is 7.28. The number of nitrogens with zero attached hydrogens (tertiary/aromatic N) is 2. The van der Waals surface area contributed by atoms with E-state index in [2.05, 4.69) is 4.90 Å². The molecule has 0 aromatic heterocycles. The molecule has 2 aromatic rings. The number of carbonyl (C=O) groups excluding carboxylic acids is 1. The lowest BCUT2D eigenvalue weighted by Crippen LogP contribution is -2.50. The van der Waals surface area contributed by atoms with E-state index in [0.717, 1.165) is 24.4 Å². The van der Waals surface area contributed by atoms with Gasteiger partial charge in [-0.25, -0.2) is 0 Å². The van der Waals surface area contributed by atoms with Crippen molar-refractivity contribution in [2.45, 2.75) is 13.0 Å². The molecule has 0 radical (unpaired) electrons. The predicted octanol–water partition coefficient (Wildman–Crippen LogP) is 2.28. The van der Waals surface area contributed by atoms with E-state index < -0.39 is 6.10 Å². The molecular weight excluding hydrogens is 356 g/mol. The first-order valence-corrected chi connectivity index (χ1v) is 9.76. The number of β-amino-alcohol motifs (C(OH)–C–C–N with tert-alkyl or cyclic N) is 1. The number of carbonyl (C=O) groups is 1. The molecule has 1 saturated heterocycles. The van der Waals surface area contributed by atoms with Gasteiger partial charge in [0.1, 0.15) is 24.2 Å². The second-order valence-corrected chi connectivity index (χ2v) is 6.83. The van der Waals surface area contributed by atoms with Crippen molar-refractivity contribution >= 4 is 5.91 Å². The summed E-state index contributed by atoms with van der Waals surface area (Å²) in [6, 6.07) is 16.7. The lowest BCUT2D eigenvalue weighted by atomic mass is 10.2. The first-order valence-electron chi connectivity index (χ1n) is 9.76. The minimum Gasteiger partial charge on any atom is -0.494 e. The van der Waals surface area contributed by atoms with Crippen LogP contribution in [0.4, 0.5) is 0 Å². The molecular formula is C22H28N2O4. The largest absolute Gasteiger partial charge is 0.494 e. The highest BCUT2D eigenvalue weighted by Crippen LogP contribution is 2.18. The Balaban J connectivity index is 1.38. The molecule has 1 unspecified atom stereocenters. The summed E-state index contributed by atoms with van der Waals surface area (Å²) in [5, 5.41) is 10.3. The number of hydrogen-bond acceptors (Lipinski definition) is 5. The fraction of sp³-hybridized carbons (Fsp3) is 0.409. The topological polar surface area (TPSA) is 62.2 Å². The highest BCUT2D eigenvalue weighted by molar-refractivity contribution is 5.94. The van der Waals surface area contributed by atoms with Gasteiger partial charge in [-0.1, -0.05) is 18.2 Å². The third-order valence-corrected chi connectivity index (χ3v) is 4.73. The third kappa shape index (κ3) is 5.71. The predicted molar refractivity (Wildman–Crippen MR) is 108 cm³/mol. The standard InChI is InChI=1S/C22H28N2O4/c1-2-27-20-8-10-21(11-9-20)28-17-19(25)16-23-12-14-24(15-13-23)22(26)18-6-4-3-5-7-18/h3-11,19,25H,2,12-17H2,1H3. The number of ether oxygens (including phenoxy) is 2. The highest BCUT2D eigenvalue weighted by atomic mass is 16.5. The summed E-state index contributed by atoms with van der Waals surface area (Å²) in [6.45, 7) is 6.17. The molecule has 0 bridgehead atoms. The van der Waals surface area contributed by atoms with E-state index in [1.165, 1.54) is 0 Å². The van der Waals surface area contributed by atoms with Gasteiger partial charge in [0.2, 0.25) is 0 Å².